The maximum atomic E-state index is 10.8. The van der Waals surface area contributed by atoms with Crippen molar-refractivity contribution in [1.82, 2.24) is 0 Å². The summed E-state index contributed by atoms with van der Waals surface area (Å²) in [6, 6.07) is 0. The number of hydrogen-bond acceptors (Lipinski definition) is 7. The number of rotatable bonds is 5. The van der Waals surface area contributed by atoms with Crippen molar-refractivity contribution in [2.75, 3.05) is 27.5 Å². The Kier molecular flexibility index (Phi) is 13.3. The molecule has 9 heteroatoms. The summed E-state index contributed by atoms with van der Waals surface area (Å²) in [7, 11) is 3.50. The summed E-state index contributed by atoms with van der Waals surface area (Å²) in [4.78, 5) is 0. The first-order chi connectivity index (χ1) is 14.6. The molecule has 3 heterocycles. The molecule has 0 saturated carbocycles. The van der Waals surface area contributed by atoms with Gasteiger partial charge in [-0.2, -0.15) is 14.1 Å². The molecule has 3 aliphatic rings. The summed E-state index contributed by atoms with van der Waals surface area (Å²) < 4.78 is 29.8. The van der Waals surface area contributed by atoms with Gasteiger partial charge in [0.1, 0.15) is 19.0 Å². The van der Waals surface area contributed by atoms with Crippen molar-refractivity contribution < 1.29 is 66.6 Å². The van der Waals surface area contributed by atoms with Crippen LogP contribution in [-0.2, 0) is 56.4 Å². The Balaban J connectivity index is 0.00000121. The third kappa shape index (κ3) is 7.64. The van der Waals surface area contributed by atoms with Gasteiger partial charge in [-0.1, -0.05) is 41.0 Å². The van der Waals surface area contributed by atoms with Crippen molar-refractivity contribution in [1.29, 1.82) is 0 Å². The second-order valence-electron chi connectivity index (χ2n) is 9.74. The molecule has 3 unspecified atom stereocenters. The van der Waals surface area contributed by atoms with Crippen LogP contribution in [0.15, 0.2) is 0 Å². The molecule has 0 aromatic rings. The molecule has 3 fully saturated rings. The fourth-order valence-electron chi connectivity index (χ4n) is 4.91. The molecule has 32 heavy (non-hydrogen) atoms. The molecule has 3 aliphatic heterocycles. The molecule has 8 nitrogen and oxygen atoms in total. The minimum Gasteiger partial charge on any atom is -0.668 e. The van der Waals surface area contributed by atoms with E-state index in [1.807, 2.05) is 20.8 Å². The molecule has 0 bridgehead atoms. The van der Waals surface area contributed by atoms with Gasteiger partial charge < -0.3 is 39.2 Å². The predicted molar refractivity (Wildman–Crippen MR) is 118 cm³/mol. The molecule has 3 saturated heterocycles. The SMILES string of the molecule is CC[C@H](C)C1O[C@H](O[C@H]2C([C@H]3COCO3)O[C@](C)(O)C[C@H]2C)C(C)[C@@H](O)[C@@H]1C.C[N-]C.[Y]. The van der Waals surface area contributed by atoms with E-state index in [1.165, 1.54) is 0 Å². The van der Waals surface area contributed by atoms with E-state index in [4.69, 9.17) is 23.7 Å². The molecule has 3 rings (SSSR count). The third-order valence-electron chi connectivity index (χ3n) is 6.80. The van der Waals surface area contributed by atoms with Gasteiger partial charge in [-0.25, -0.2) is 0 Å². The second kappa shape index (κ2) is 13.8. The zero-order valence-electron chi connectivity index (χ0n) is 21.1. The molecule has 0 amide bonds. The van der Waals surface area contributed by atoms with E-state index in [0.29, 0.717) is 18.9 Å². The molecule has 0 aromatic carbocycles. The average Bonchev–Trinajstić information content (AvgIpc) is 3.24. The van der Waals surface area contributed by atoms with Crippen molar-refractivity contribution in [3.05, 3.63) is 5.32 Å². The molecule has 0 spiro atoms. The molecule has 2 N–H and O–H groups in total. The van der Waals surface area contributed by atoms with E-state index in [0.717, 1.165) is 6.42 Å². The van der Waals surface area contributed by atoms with Gasteiger partial charge in [0.2, 0.25) is 0 Å². The van der Waals surface area contributed by atoms with Crippen molar-refractivity contribution in [2.45, 2.75) is 97.0 Å². The standard InChI is InChI=1S/C21H38O7.C2H6N.Y/c1-7-11(2)17-13(4)16(22)14(5)20(26-17)27-18-12(3)8-21(6,23)28-19(18)15-9-24-10-25-15;1-3-2;/h11-20,22-23H,7-10H2,1-6H3;1-2H3;/q;-1;/t11-,12+,13-,14?,15+,16-,17?,18+,19?,20+,21-;;/m0../s1. The number of aliphatic hydroxyl groups excluding tert-OH is 1. The second-order valence-corrected chi connectivity index (χ2v) is 9.74. The molecule has 187 valence electrons. The molecular formula is C23H44NO7Y-. The Labute approximate surface area is 219 Å². The quantitative estimate of drug-likeness (QED) is 0.559. The van der Waals surface area contributed by atoms with E-state index in [9.17, 15) is 10.2 Å². The Bertz CT molecular complexity index is 534. The first-order valence-corrected chi connectivity index (χ1v) is 11.6. The summed E-state index contributed by atoms with van der Waals surface area (Å²) in [5.41, 5.74) is 0. The molecule has 11 atom stereocenters. The first kappa shape index (κ1) is 30.8. The summed E-state index contributed by atoms with van der Waals surface area (Å²) >= 11 is 0. The summed E-state index contributed by atoms with van der Waals surface area (Å²) in [6.45, 7) is 12.6. The van der Waals surface area contributed by atoms with Crippen LogP contribution in [0.4, 0.5) is 0 Å². The zero-order valence-corrected chi connectivity index (χ0v) is 23.9. The fourth-order valence-corrected chi connectivity index (χ4v) is 4.91. The fraction of sp³-hybridized carbons (Fsp3) is 1.00. The van der Waals surface area contributed by atoms with E-state index < -0.39 is 24.3 Å². The number of nitrogens with zero attached hydrogens (tertiary/aromatic N) is 1. The Morgan fingerprint density at radius 2 is 1.81 bits per heavy atom. The number of ether oxygens (including phenoxy) is 5. The Hall–Kier alpha value is 0.784. The molecule has 1 radical (unpaired) electrons. The van der Waals surface area contributed by atoms with Crippen LogP contribution in [0, 0.1) is 23.7 Å². The minimum atomic E-state index is -1.23. The monoisotopic (exact) mass is 535 g/mol. The summed E-state index contributed by atoms with van der Waals surface area (Å²) in [6.07, 6.45) is -0.741. The summed E-state index contributed by atoms with van der Waals surface area (Å²) in [5, 5.41) is 24.8. The van der Waals surface area contributed by atoms with Crippen molar-refractivity contribution in [3.63, 3.8) is 0 Å². The van der Waals surface area contributed by atoms with Crippen LogP contribution in [0.3, 0.4) is 0 Å². The van der Waals surface area contributed by atoms with Gasteiger partial charge in [0, 0.05) is 51.0 Å². The first-order valence-electron chi connectivity index (χ1n) is 11.6. The van der Waals surface area contributed by atoms with Crippen LogP contribution < -0.4 is 0 Å². The summed E-state index contributed by atoms with van der Waals surface area (Å²) in [5.74, 6) is -0.986. The van der Waals surface area contributed by atoms with Crippen LogP contribution in [0.1, 0.15) is 54.4 Å². The van der Waals surface area contributed by atoms with Crippen LogP contribution in [-0.4, -0.2) is 80.3 Å². The van der Waals surface area contributed by atoms with Gasteiger partial charge in [-0.05, 0) is 18.8 Å². The number of hydrogen-bond donors (Lipinski definition) is 2. The maximum Gasteiger partial charge on any atom is 0.163 e. The molecule has 0 aromatic heterocycles. The van der Waals surface area contributed by atoms with Crippen LogP contribution >= 0.6 is 0 Å². The number of aliphatic hydroxyl groups is 2. The largest absolute Gasteiger partial charge is 0.668 e. The van der Waals surface area contributed by atoms with E-state index in [-0.39, 0.29) is 75.6 Å². The Morgan fingerprint density at radius 3 is 2.34 bits per heavy atom. The van der Waals surface area contributed by atoms with Gasteiger partial charge in [-0.3, -0.25) is 0 Å². The van der Waals surface area contributed by atoms with Crippen LogP contribution in [0.5, 0.6) is 0 Å². The topological polar surface area (TPSA) is 101 Å². The molecular weight excluding hydrogens is 491 g/mol. The Morgan fingerprint density at radius 1 is 1.19 bits per heavy atom. The van der Waals surface area contributed by atoms with Gasteiger partial charge in [0.05, 0.1) is 24.9 Å². The van der Waals surface area contributed by atoms with Crippen LogP contribution in [0.25, 0.3) is 5.32 Å². The van der Waals surface area contributed by atoms with E-state index in [1.54, 1.807) is 21.0 Å². The predicted octanol–water partition coefficient (Wildman–Crippen LogP) is 2.90. The minimum absolute atomic E-state index is 0. The molecule has 0 aliphatic carbocycles. The van der Waals surface area contributed by atoms with Gasteiger partial charge in [0.25, 0.3) is 0 Å². The van der Waals surface area contributed by atoms with Crippen molar-refractivity contribution in [2.24, 2.45) is 23.7 Å². The van der Waals surface area contributed by atoms with Gasteiger partial charge in [0.15, 0.2) is 12.1 Å². The van der Waals surface area contributed by atoms with E-state index >= 15 is 0 Å². The average molecular weight is 536 g/mol. The van der Waals surface area contributed by atoms with Crippen molar-refractivity contribution in [3.8, 4) is 0 Å². The zero-order chi connectivity index (χ0) is 23.3. The van der Waals surface area contributed by atoms with Gasteiger partial charge in [-0.15, -0.1) is 0 Å². The van der Waals surface area contributed by atoms with Gasteiger partial charge >= 0.3 is 0 Å². The van der Waals surface area contributed by atoms with E-state index in [2.05, 4.69) is 19.2 Å². The van der Waals surface area contributed by atoms with Crippen molar-refractivity contribution >= 4 is 0 Å². The normalized spacial score (nSPS) is 45.4. The third-order valence-corrected chi connectivity index (χ3v) is 6.80. The smallest absolute Gasteiger partial charge is 0.163 e. The maximum absolute atomic E-state index is 10.8. The van der Waals surface area contributed by atoms with Crippen LogP contribution in [0.2, 0.25) is 0 Å².